The number of nitrogens with zero attached hydrogens (tertiary/aromatic N) is 2. The predicted molar refractivity (Wildman–Crippen MR) is 63.7 cm³/mol. The lowest BCUT2D eigenvalue weighted by Gasteiger charge is -2.17. The van der Waals surface area contributed by atoms with Crippen molar-refractivity contribution in [2.75, 3.05) is 0 Å². The molecular weight excluding hydrogens is 184 g/mol. The van der Waals surface area contributed by atoms with Gasteiger partial charge >= 0.3 is 0 Å². The first kappa shape index (κ1) is 12.2. The summed E-state index contributed by atoms with van der Waals surface area (Å²) in [4.78, 5) is 8.78. The lowest BCUT2D eigenvalue weighted by molar-refractivity contribution is 0.409. The first-order chi connectivity index (χ1) is 6.87. The summed E-state index contributed by atoms with van der Waals surface area (Å²) in [6.07, 6.45) is 5.94. The van der Waals surface area contributed by atoms with E-state index < -0.39 is 0 Å². The Morgan fingerprint density at radius 3 is 2.07 bits per heavy atom. The van der Waals surface area contributed by atoms with E-state index >= 15 is 0 Å². The van der Waals surface area contributed by atoms with Gasteiger partial charge in [0.1, 0.15) is 5.82 Å². The second-order valence-electron chi connectivity index (χ2n) is 5.84. The molecule has 0 bridgehead atoms. The first-order valence-corrected chi connectivity index (χ1v) is 5.66. The van der Waals surface area contributed by atoms with Gasteiger partial charge < -0.3 is 0 Å². The van der Waals surface area contributed by atoms with Crippen molar-refractivity contribution in [3.05, 3.63) is 23.8 Å². The molecule has 0 saturated heterocycles. The molecule has 0 atom stereocenters. The second-order valence-corrected chi connectivity index (χ2v) is 5.84. The fraction of sp³-hybridized carbons (Fsp3) is 0.692. The summed E-state index contributed by atoms with van der Waals surface area (Å²) in [5.41, 5.74) is 1.54. The highest BCUT2D eigenvalue weighted by Gasteiger charge is 2.11. The second kappa shape index (κ2) is 4.73. The minimum Gasteiger partial charge on any atom is -0.241 e. The van der Waals surface area contributed by atoms with Crippen molar-refractivity contribution in [1.82, 2.24) is 9.97 Å². The standard InChI is InChI=1S/C13H22N2/c1-10(2)6-12-14-8-11(9-15-12)7-13(3,4)5/h8-10H,6-7H2,1-5H3. The van der Waals surface area contributed by atoms with Gasteiger partial charge in [0.25, 0.3) is 0 Å². The van der Waals surface area contributed by atoms with Crippen LogP contribution in [0, 0.1) is 11.3 Å². The summed E-state index contributed by atoms with van der Waals surface area (Å²) in [6, 6.07) is 0. The Labute approximate surface area is 93.2 Å². The summed E-state index contributed by atoms with van der Waals surface area (Å²) in [6.45, 7) is 11.1. The average Bonchev–Trinajstić information content (AvgIpc) is 2.05. The summed E-state index contributed by atoms with van der Waals surface area (Å²) < 4.78 is 0. The van der Waals surface area contributed by atoms with Crippen molar-refractivity contribution in [3.63, 3.8) is 0 Å². The van der Waals surface area contributed by atoms with Gasteiger partial charge in [-0.25, -0.2) is 9.97 Å². The first-order valence-electron chi connectivity index (χ1n) is 5.66. The molecule has 0 aliphatic carbocycles. The molecule has 1 aromatic heterocycles. The minimum atomic E-state index is 0.308. The SMILES string of the molecule is CC(C)Cc1ncc(CC(C)(C)C)cn1. The van der Waals surface area contributed by atoms with Crippen LogP contribution in [0.2, 0.25) is 0 Å². The molecule has 0 N–H and O–H groups in total. The molecular formula is C13H22N2. The van der Waals surface area contributed by atoms with Crippen molar-refractivity contribution >= 4 is 0 Å². The molecule has 2 heteroatoms. The van der Waals surface area contributed by atoms with Crippen LogP contribution < -0.4 is 0 Å². The fourth-order valence-electron chi connectivity index (χ4n) is 1.56. The lowest BCUT2D eigenvalue weighted by Crippen LogP contribution is -2.10. The van der Waals surface area contributed by atoms with Gasteiger partial charge in [0.2, 0.25) is 0 Å². The normalized spacial score (nSPS) is 12.1. The Bertz CT molecular complexity index is 293. The van der Waals surface area contributed by atoms with Crippen molar-refractivity contribution in [3.8, 4) is 0 Å². The third-order valence-corrected chi connectivity index (χ3v) is 2.08. The number of rotatable bonds is 3. The smallest absolute Gasteiger partial charge is 0.128 e. The van der Waals surface area contributed by atoms with Gasteiger partial charge in [-0.2, -0.15) is 0 Å². The Hall–Kier alpha value is -0.920. The molecule has 0 aromatic carbocycles. The van der Waals surface area contributed by atoms with Crippen LogP contribution in [0.3, 0.4) is 0 Å². The van der Waals surface area contributed by atoms with Crippen LogP contribution in [0.4, 0.5) is 0 Å². The zero-order chi connectivity index (χ0) is 11.5. The lowest BCUT2D eigenvalue weighted by atomic mass is 9.89. The third-order valence-electron chi connectivity index (χ3n) is 2.08. The predicted octanol–water partition coefficient (Wildman–Crippen LogP) is 3.26. The fourth-order valence-corrected chi connectivity index (χ4v) is 1.56. The maximum absolute atomic E-state index is 4.39. The molecule has 0 aliphatic rings. The van der Waals surface area contributed by atoms with Crippen LogP contribution in [0.15, 0.2) is 12.4 Å². The summed E-state index contributed by atoms with van der Waals surface area (Å²) in [5.74, 6) is 1.58. The molecule has 15 heavy (non-hydrogen) atoms. The summed E-state index contributed by atoms with van der Waals surface area (Å²) in [7, 11) is 0. The van der Waals surface area contributed by atoms with E-state index in [1.54, 1.807) is 0 Å². The highest BCUT2D eigenvalue weighted by molar-refractivity contribution is 5.07. The Morgan fingerprint density at radius 2 is 1.67 bits per heavy atom. The number of hydrogen-bond donors (Lipinski definition) is 0. The van der Waals surface area contributed by atoms with Gasteiger partial charge in [0, 0.05) is 18.8 Å². The van der Waals surface area contributed by atoms with E-state index in [1.165, 1.54) is 5.56 Å². The van der Waals surface area contributed by atoms with Crippen LogP contribution in [-0.4, -0.2) is 9.97 Å². The zero-order valence-electron chi connectivity index (χ0n) is 10.5. The molecule has 1 heterocycles. The van der Waals surface area contributed by atoms with Gasteiger partial charge in [0.15, 0.2) is 0 Å². The Morgan fingerprint density at radius 1 is 1.13 bits per heavy atom. The molecule has 1 aromatic rings. The molecule has 0 fully saturated rings. The molecule has 84 valence electrons. The van der Waals surface area contributed by atoms with Crippen molar-refractivity contribution in [1.29, 1.82) is 0 Å². The molecule has 1 rings (SSSR count). The third kappa shape index (κ3) is 4.91. The van der Waals surface area contributed by atoms with E-state index in [2.05, 4.69) is 44.6 Å². The van der Waals surface area contributed by atoms with Crippen LogP contribution in [0.25, 0.3) is 0 Å². The molecule has 0 unspecified atom stereocenters. The van der Waals surface area contributed by atoms with E-state index in [4.69, 9.17) is 0 Å². The topological polar surface area (TPSA) is 25.8 Å². The monoisotopic (exact) mass is 206 g/mol. The quantitative estimate of drug-likeness (QED) is 0.758. The van der Waals surface area contributed by atoms with E-state index in [0.717, 1.165) is 18.7 Å². The van der Waals surface area contributed by atoms with Crippen LogP contribution in [-0.2, 0) is 12.8 Å². The van der Waals surface area contributed by atoms with Gasteiger partial charge in [-0.1, -0.05) is 34.6 Å². The maximum atomic E-state index is 4.39. The van der Waals surface area contributed by atoms with Crippen LogP contribution in [0.1, 0.15) is 46.0 Å². The van der Waals surface area contributed by atoms with Crippen LogP contribution in [0.5, 0.6) is 0 Å². The molecule has 0 amide bonds. The van der Waals surface area contributed by atoms with Gasteiger partial charge in [-0.3, -0.25) is 0 Å². The molecule has 0 aliphatic heterocycles. The largest absolute Gasteiger partial charge is 0.241 e. The van der Waals surface area contributed by atoms with E-state index in [-0.39, 0.29) is 0 Å². The highest BCUT2D eigenvalue weighted by Crippen LogP contribution is 2.19. The Kier molecular flexibility index (Phi) is 3.83. The molecule has 0 saturated carbocycles. The van der Waals surface area contributed by atoms with Gasteiger partial charge in [-0.15, -0.1) is 0 Å². The van der Waals surface area contributed by atoms with E-state index in [0.29, 0.717) is 11.3 Å². The minimum absolute atomic E-state index is 0.308. The van der Waals surface area contributed by atoms with E-state index in [1.807, 2.05) is 12.4 Å². The van der Waals surface area contributed by atoms with Crippen molar-refractivity contribution in [2.45, 2.75) is 47.5 Å². The highest BCUT2D eigenvalue weighted by atomic mass is 14.9. The summed E-state index contributed by atoms with van der Waals surface area (Å²) >= 11 is 0. The number of hydrogen-bond acceptors (Lipinski definition) is 2. The molecule has 0 radical (unpaired) electrons. The Balaban J connectivity index is 2.64. The van der Waals surface area contributed by atoms with Crippen molar-refractivity contribution in [2.24, 2.45) is 11.3 Å². The maximum Gasteiger partial charge on any atom is 0.128 e. The molecule has 2 nitrogen and oxygen atoms in total. The van der Waals surface area contributed by atoms with Crippen LogP contribution >= 0.6 is 0 Å². The van der Waals surface area contributed by atoms with Gasteiger partial charge in [-0.05, 0) is 23.3 Å². The number of aromatic nitrogens is 2. The van der Waals surface area contributed by atoms with Crippen molar-refractivity contribution < 1.29 is 0 Å². The molecule has 0 spiro atoms. The van der Waals surface area contributed by atoms with Gasteiger partial charge in [0.05, 0.1) is 0 Å². The average molecular weight is 206 g/mol. The van der Waals surface area contributed by atoms with E-state index in [9.17, 15) is 0 Å². The summed E-state index contributed by atoms with van der Waals surface area (Å²) in [5, 5.41) is 0. The zero-order valence-corrected chi connectivity index (χ0v) is 10.5.